The first-order valence-electron chi connectivity index (χ1n) is 10.5. The van der Waals surface area contributed by atoms with Gasteiger partial charge in [-0.2, -0.15) is 0 Å². The number of amides is 1. The first-order valence-corrected chi connectivity index (χ1v) is 10.5. The van der Waals surface area contributed by atoms with E-state index in [0.717, 1.165) is 37.1 Å². The third-order valence-electron chi connectivity index (χ3n) is 6.29. The maximum Gasteiger partial charge on any atom is 0.263 e. The van der Waals surface area contributed by atoms with E-state index in [1.165, 1.54) is 0 Å². The summed E-state index contributed by atoms with van der Waals surface area (Å²) in [6.07, 6.45) is 4.43. The van der Waals surface area contributed by atoms with Gasteiger partial charge in [0, 0.05) is 37.9 Å². The number of benzene rings is 1. The van der Waals surface area contributed by atoms with E-state index < -0.39 is 0 Å². The number of aryl methyl sites for hydroxylation is 3. The number of carbonyl (C=O) groups excluding carboxylic acids is 1. The van der Waals surface area contributed by atoms with E-state index >= 15 is 0 Å². The second-order valence-electron chi connectivity index (χ2n) is 8.07. The van der Waals surface area contributed by atoms with Crippen LogP contribution < -0.4 is 20.3 Å². The van der Waals surface area contributed by atoms with Crippen LogP contribution in [0.1, 0.15) is 34.3 Å². The zero-order valence-electron chi connectivity index (χ0n) is 18.2. The van der Waals surface area contributed by atoms with E-state index in [1.807, 2.05) is 36.1 Å². The van der Waals surface area contributed by atoms with Gasteiger partial charge in [0.25, 0.3) is 11.5 Å². The Kier molecular flexibility index (Phi) is 7.28. The molecular weight excluding hydrogens is 418 g/mol. The molecule has 2 bridgehead atoms. The van der Waals surface area contributed by atoms with Crippen molar-refractivity contribution in [1.29, 1.82) is 0 Å². The van der Waals surface area contributed by atoms with Crippen LogP contribution >= 0.6 is 12.4 Å². The third-order valence-corrected chi connectivity index (χ3v) is 6.29. The number of hydrogen-bond acceptors (Lipinski definition) is 5. The molecule has 0 radical (unpaired) electrons. The van der Waals surface area contributed by atoms with Crippen LogP contribution in [0.3, 0.4) is 0 Å². The van der Waals surface area contributed by atoms with Gasteiger partial charge in [0.2, 0.25) is 0 Å². The Morgan fingerprint density at radius 3 is 2.42 bits per heavy atom. The van der Waals surface area contributed by atoms with Gasteiger partial charge in [-0.1, -0.05) is 6.07 Å². The van der Waals surface area contributed by atoms with Crippen molar-refractivity contribution in [2.45, 2.75) is 44.8 Å². The van der Waals surface area contributed by atoms with E-state index in [4.69, 9.17) is 9.47 Å². The first kappa shape index (κ1) is 23.2. The Morgan fingerprint density at radius 2 is 1.77 bits per heavy atom. The van der Waals surface area contributed by atoms with Crippen LogP contribution in [0.4, 0.5) is 0 Å². The number of ether oxygens (including phenoxy) is 2. The molecule has 2 aromatic rings. The molecule has 31 heavy (non-hydrogen) atoms. The van der Waals surface area contributed by atoms with E-state index in [2.05, 4.69) is 5.32 Å². The van der Waals surface area contributed by atoms with Crippen molar-refractivity contribution in [2.24, 2.45) is 0 Å². The van der Waals surface area contributed by atoms with Gasteiger partial charge in [-0.15, -0.1) is 12.4 Å². The zero-order valence-corrected chi connectivity index (χ0v) is 19.0. The number of nitrogens with one attached hydrogen (secondary N) is 1. The summed E-state index contributed by atoms with van der Waals surface area (Å²) in [4.78, 5) is 28.5. The van der Waals surface area contributed by atoms with E-state index in [0.29, 0.717) is 30.0 Å². The summed E-state index contributed by atoms with van der Waals surface area (Å²) in [5.41, 5.74) is 1.88. The third kappa shape index (κ3) is 4.43. The highest BCUT2D eigenvalue weighted by Gasteiger charge is 2.40. The van der Waals surface area contributed by atoms with Crippen LogP contribution in [-0.2, 0) is 13.0 Å². The van der Waals surface area contributed by atoms with E-state index in [9.17, 15) is 9.59 Å². The van der Waals surface area contributed by atoms with Gasteiger partial charge in [-0.25, -0.2) is 0 Å². The molecule has 2 atom stereocenters. The van der Waals surface area contributed by atoms with Crippen LogP contribution in [0.25, 0.3) is 0 Å². The summed E-state index contributed by atoms with van der Waals surface area (Å²) in [6, 6.07) is 7.99. The van der Waals surface area contributed by atoms with Gasteiger partial charge in [-0.05, 0) is 55.5 Å². The molecule has 2 aliphatic heterocycles. The minimum absolute atomic E-state index is 0. The Bertz CT molecular complexity index is 991. The van der Waals surface area contributed by atoms with Crippen molar-refractivity contribution in [3.05, 3.63) is 57.5 Å². The Morgan fingerprint density at radius 1 is 1.10 bits per heavy atom. The van der Waals surface area contributed by atoms with E-state index in [1.54, 1.807) is 25.0 Å². The van der Waals surface area contributed by atoms with Crippen molar-refractivity contribution < 1.29 is 14.3 Å². The number of aromatic nitrogens is 1. The normalized spacial score (nSPS) is 19.6. The zero-order chi connectivity index (χ0) is 21.3. The lowest BCUT2D eigenvalue weighted by Gasteiger charge is -2.35. The molecule has 0 saturated carbocycles. The molecule has 7 nitrogen and oxygen atoms in total. The monoisotopic (exact) mass is 447 g/mol. The number of piperazine rings is 1. The largest absolute Gasteiger partial charge is 0.493 e. The number of nitrogens with zero attached hydrogens (tertiary/aromatic N) is 2. The Labute approximate surface area is 188 Å². The standard InChI is InChI=1S/C23H29N3O4.ClH/c1-15-8-10-25(11-9-16-4-7-19(29-2)20(12-16)30-3)22(27)21(15)23(28)26-17-5-6-18(26)14-24-13-17;/h4,7-8,10,12,17-18,24H,5-6,9,11,13-14H2,1-3H3;1H/t17-,18+;. The van der Waals surface area contributed by atoms with Gasteiger partial charge in [0.05, 0.1) is 14.2 Å². The van der Waals surface area contributed by atoms with Crippen LogP contribution in [0.2, 0.25) is 0 Å². The topological polar surface area (TPSA) is 72.8 Å². The summed E-state index contributed by atoms with van der Waals surface area (Å²) >= 11 is 0. The van der Waals surface area contributed by atoms with Crippen molar-refractivity contribution in [3.63, 3.8) is 0 Å². The maximum absolute atomic E-state index is 13.3. The van der Waals surface area contributed by atoms with Crippen molar-refractivity contribution in [1.82, 2.24) is 14.8 Å². The number of halogens is 1. The summed E-state index contributed by atoms with van der Waals surface area (Å²) in [7, 11) is 3.21. The quantitative estimate of drug-likeness (QED) is 0.736. The lowest BCUT2D eigenvalue weighted by molar-refractivity contribution is 0.0616. The fourth-order valence-corrected chi connectivity index (χ4v) is 4.63. The predicted molar refractivity (Wildman–Crippen MR) is 122 cm³/mol. The average molecular weight is 448 g/mol. The van der Waals surface area contributed by atoms with E-state index in [-0.39, 0.29) is 36.0 Å². The van der Waals surface area contributed by atoms with Crippen molar-refractivity contribution in [2.75, 3.05) is 27.3 Å². The first-order chi connectivity index (χ1) is 14.5. The van der Waals surface area contributed by atoms with Crippen LogP contribution in [-0.4, -0.2) is 54.8 Å². The van der Waals surface area contributed by atoms with Crippen LogP contribution in [0.15, 0.2) is 35.3 Å². The molecule has 1 N–H and O–H groups in total. The summed E-state index contributed by atoms with van der Waals surface area (Å²) in [6.45, 7) is 3.95. The SMILES string of the molecule is COc1ccc(CCn2ccc(C)c(C(=O)N3[C@@H]4CC[C@H]3CNC4)c2=O)cc1OC.Cl. The lowest BCUT2D eigenvalue weighted by atomic mass is 10.1. The van der Waals surface area contributed by atoms with Crippen LogP contribution in [0, 0.1) is 6.92 Å². The molecule has 1 amide bonds. The fourth-order valence-electron chi connectivity index (χ4n) is 4.63. The molecule has 0 unspecified atom stereocenters. The second-order valence-corrected chi connectivity index (χ2v) is 8.07. The molecule has 168 valence electrons. The van der Waals surface area contributed by atoms with Gasteiger partial charge in [0.1, 0.15) is 5.56 Å². The van der Waals surface area contributed by atoms with Crippen LogP contribution in [0.5, 0.6) is 11.5 Å². The molecular formula is C23H30ClN3O4. The number of rotatable bonds is 6. The molecule has 1 aromatic carbocycles. The highest BCUT2D eigenvalue weighted by molar-refractivity contribution is 5.96. The highest BCUT2D eigenvalue weighted by atomic mass is 35.5. The van der Waals surface area contributed by atoms with Crippen molar-refractivity contribution >= 4 is 18.3 Å². The molecule has 0 aliphatic carbocycles. The Hall–Kier alpha value is -2.51. The van der Waals surface area contributed by atoms with Gasteiger partial charge in [-0.3, -0.25) is 9.59 Å². The Balaban J connectivity index is 0.00000272. The van der Waals surface area contributed by atoms with Gasteiger partial charge < -0.3 is 24.3 Å². The molecule has 3 heterocycles. The molecule has 0 spiro atoms. The van der Waals surface area contributed by atoms with Gasteiger partial charge in [0.15, 0.2) is 11.5 Å². The molecule has 4 rings (SSSR count). The molecule has 2 aliphatic rings. The second kappa shape index (κ2) is 9.75. The summed E-state index contributed by atoms with van der Waals surface area (Å²) < 4.78 is 12.3. The van der Waals surface area contributed by atoms with Crippen molar-refractivity contribution in [3.8, 4) is 11.5 Å². The number of pyridine rings is 1. The molecule has 2 fully saturated rings. The smallest absolute Gasteiger partial charge is 0.263 e. The maximum atomic E-state index is 13.3. The summed E-state index contributed by atoms with van der Waals surface area (Å²) in [5.74, 6) is 1.22. The molecule has 2 saturated heterocycles. The number of methoxy groups -OCH3 is 2. The molecule has 8 heteroatoms. The minimum atomic E-state index is -0.210. The lowest BCUT2D eigenvalue weighted by Crippen LogP contribution is -2.55. The number of carbonyl (C=O) groups is 1. The fraction of sp³-hybridized carbons (Fsp3) is 0.478. The predicted octanol–water partition coefficient (Wildman–Crippen LogP) is 2.41. The summed E-state index contributed by atoms with van der Waals surface area (Å²) in [5, 5.41) is 3.38. The molecule has 1 aromatic heterocycles. The number of hydrogen-bond donors (Lipinski definition) is 1. The highest BCUT2D eigenvalue weighted by Crippen LogP contribution is 2.29. The average Bonchev–Trinajstić information content (AvgIpc) is 3.01. The number of fused-ring (bicyclic) bond motifs is 2. The minimum Gasteiger partial charge on any atom is -0.493 e. The van der Waals surface area contributed by atoms with Gasteiger partial charge >= 0.3 is 0 Å².